The van der Waals surface area contributed by atoms with Gasteiger partial charge in [0.2, 0.25) is 5.13 Å². The van der Waals surface area contributed by atoms with Gasteiger partial charge >= 0.3 is 0 Å². The Kier molecular flexibility index (Phi) is 6.80. The minimum absolute atomic E-state index is 0.677. The number of nitrogens with one attached hydrogen (secondary N) is 2. The van der Waals surface area contributed by atoms with Crippen LogP contribution in [-0.2, 0) is 6.54 Å². The van der Waals surface area contributed by atoms with Crippen LogP contribution in [0.5, 0.6) is 0 Å². The monoisotopic (exact) mass is 421 g/mol. The SMILES string of the molecule is C=CCNc1nnc(Sc2nc(C[NH+](CC)CC)nc3sc(C)c(C)c23)s1. The van der Waals surface area contributed by atoms with E-state index in [1.165, 1.54) is 26.7 Å². The Bertz CT molecular complexity index is 929. The molecule has 3 heterocycles. The molecule has 27 heavy (non-hydrogen) atoms. The quantitative estimate of drug-likeness (QED) is 0.408. The Labute approximate surface area is 172 Å². The maximum Gasteiger partial charge on any atom is 0.206 e. The molecule has 0 amide bonds. The van der Waals surface area contributed by atoms with Crippen LogP contribution in [0.25, 0.3) is 10.2 Å². The van der Waals surface area contributed by atoms with Gasteiger partial charge in [0.1, 0.15) is 16.4 Å². The summed E-state index contributed by atoms with van der Waals surface area (Å²) < 4.78 is 0.881. The number of nitrogens with zero attached hydrogens (tertiary/aromatic N) is 4. The van der Waals surface area contributed by atoms with E-state index in [-0.39, 0.29) is 0 Å². The van der Waals surface area contributed by atoms with Gasteiger partial charge < -0.3 is 10.2 Å². The molecule has 0 aliphatic rings. The molecule has 0 aromatic carbocycles. The van der Waals surface area contributed by atoms with Crippen LogP contribution in [0.4, 0.5) is 5.13 Å². The highest BCUT2D eigenvalue weighted by Gasteiger charge is 2.19. The summed E-state index contributed by atoms with van der Waals surface area (Å²) in [4.78, 5) is 13.6. The van der Waals surface area contributed by atoms with E-state index in [1.807, 2.05) is 6.08 Å². The largest absolute Gasteiger partial charge is 0.357 e. The van der Waals surface area contributed by atoms with Crippen LogP contribution in [-0.4, -0.2) is 39.8 Å². The second kappa shape index (κ2) is 9.09. The Morgan fingerprint density at radius 1 is 1.15 bits per heavy atom. The number of hydrogen-bond donors (Lipinski definition) is 2. The standard InChI is InChI=1S/C18H24N6S3/c1-6-9-19-17-22-23-18(27-17)26-16-14-11(4)12(5)25-15(14)20-13(21-16)10-24(7-2)8-3/h6H,1,7-10H2,2-5H3,(H,19,22)/p+1. The summed E-state index contributed by atoms with van der Waals surface area (Å²) in [6.07, 6.45) is 1.81. The van der Waals surface area contributed by atoms with Crippen LogP contribution in [0.1, 0.15) is 30.1 Å². The van der Waals surface area contributed by atoms with Gasteiger partial charge in [-0.05, 0) is 45.0 Å². The predicted molar refractivity (Wildman–Crippen MR) is 115 cm³/mol. The smallest absolute Gasteiger partial charge is 0.206 e. The van der Waals surface area contributed by atoms with Crippen molar-refractivity contribution in [3.05, 3.63) is 28.9 Å². The molecule has 6 nitrogen and oxygen atoms in total. The molecular formula is C18H25N6S3+. The topological polar surface area (TPSA) is 68.0 Å². The average molecular weight is 422 g/mol. The molecule has 3 aromatic rings. The molecule has 0 saturated carbocycles. The van der Waals surface area contributed by atoms with Gasteiger partial charge in [-0.2, -0.15) is 0 Å². The van der Waals surface area contributed by atoms with Gasteiger partial charge in [0, 0.05) is 16.8 Å². The maximum absolute atomic E-state index is 4.92. The van der Waals surface area contributed by atoms with E-state index in [2.05, 4.69) is 49.8 Å². The third-order valence-corrected chi connectivity index (χ3v) is 7.46. The molecular weight excluding hydrogens is 396 g/mol. The first-order chi connectivity index (χ1) is 13.0. The summed E-state index contributed by atoms with van der Waals surface area (Å²) in [5, 5.41) is 14.6. The number of anilines is 1. The second-order valence-corrected chi connectivity index (χ2v) is 9.60. The van der Waals surface area contributed by atoms with Crippen molar-refractivity contribution in [2.75, 3.05) is 25.0 Å². The summed E-state index contributed by atoms with van der Waals surface area (Å²) in [6, 6.07) is 0. The molecule has 0 bridgehead atoms. The van der Waals surface area contributed by atoms with Crippen molar-refractivity contribution in [3.63, 3.8) is 0 Å². The molecule has 0 unspecified atom stereocenters. The zero-order chi connectivity index (χ0) is 19.4. The van der Waals surface area contributed by atoms with Crippen molar-refractivity contribution >= 4 is 49.8 Å². The van der Waals surface area contributed by atoms with Gasteiger partial charge in [-0.25, -0.2) is 9.97 Å². The van der Waals surface area contributed by atoms with Gasteiger partial charge in [-0.15, -0.1) is 28.1 Å². The van der Waals surface area contributed by atoms with E-state index in [0.717, 1.165) is 50.2 Å². The molecule has 0 aliphatic carbocycles. The maximum atomic E-state index is 4.92. The molecule has 9 heteroatoms. The van der Waals surface area contributed by atoms with Crippen LogP contribution in [0, 0.1) is 13.8 Å². The van der Waals surface area contributed by atoms with Gasteiger partial charge in [0.25, 0.3) is 0 Å². The molecule has 144 valence electrons. The highest BCUT2D eigenvalue weighted by Crippen LogP contribution is 2.39. The van der Waals surface area contributed by atoms with Gasteiger partial charge in [0.05, 0.1) is 13.1 Å². The van der Waals surface area contributed by atoms with Crippen molar-refractivity contribution in [1.82, 2.24) is 20.2 Å². The van der Waals surface area contributed by atoms with Crippen molar-refractivity contribution in [3.8, 4) is 0 Å². The Balaban J connectivity index is 1.96. The molecule has 2 N–H and O–H groups in total. The molecule has 3 aromatic heterocycles. The lowest BCUT2D eigenvalue weighted by Gasteiger charge is -2.14. The zero-order valence-corrected chi connectivity index (χ0v) is 18.6. The minimum Gasteiger partial charge on any atom is -0.357 e. The number of aromatic nitrogens is 4. The first kappa shape index (κ1) is 20.2. The minimum atomic E-state index is 0.677. The molecule has 0 atom stereocenters. The van der Waals surface area contributed by atoms with E-state index in [1.54, 1.807) is 23.1 Å². The van der Waals surface area contributed by atoms with Crippen molar-refractivity contribution < 1.29 is 4.90 Å². The number of quaternary nitrogens is 1. The highest BCUT2D eigenvalue weighted by molar-refractivity contribution is 8.01. The summed E-state index contributed by atoms with van der Waals surface area (Å²) in [5.74, 6) is 0.902. The molecule has 0 fully saturated rings. The van der Waals surface area contributed by atoms with Crippen LogP contribution in [0.2, 0.25) is 0 Å². The normalized spacial score (nSPS) is 11.4. The van der Waals surface area contributed by atoms with Crippen LogP contribution < -0.4 is 10.2 Å². The zero-order valence-electron chi connectivity index (χ0n) is 16.1. The van der Waals surface area contributed by atoms with E-state index in [0.29, 0.717) is 6.54 Å². The molecule has 0 aliphatic heterocycles. The fraction of sp³-hybridized carbons (Fsp3) is 0.444. The molecule has 0 saturated heterocycles. The summed E-state index contributed by atoms with van der Waals surface area (Å²) in [5.41, 5.74) is 1.26. The Morgan fingerprint density at radius 3 is 2.63 bits per heavy atom. The average Bonchev–Trinajstić information content (AvgIpc) is 3.22. The van der Waals surface area contributed by atoms with Crippen molar-refractivity contribution in [2.45, 2.75) is 43.6 Å². The first-order valence-electron chi connectivity index (χ1n) is 9.01. The van der Waals surface area contributed by atoms with Gasteiger partial charge in [-0.1, -0.05) is 17.4 Å². The molecule has 0 radical (unpaired) electrons. The van der Waals surface area contributed by atoms with E-state index in [4.69, 9.17) is 9.97 Å². The number of hydrogen-bond acceptors (Lipinski definition) is 8. The van der Waals surface area contributed by atoms with E-state index in [9.17, 15) is 0 Å². The van der Waals surface area contributed by atoms with Crippen molar-refractivity contribution in [1.29, 1.82) is 0 Å². The third-order valence-electron chi connectivity index (χ3n) is 4.44. The lowest BCUT2D eigenvalue weighted by molar-refractivity contribution is -0.910. The Morgan fingerprint density at radius 2 is 1.93 bits per heavy atom. The van der Waals surface area contributed by atoms with Gasteiger partial charge in [0.15, 0.2) is 10.2 Å². The highest BCUT2D eigenvalue weighted by atomic mass is 32.2. The molecule has 0 spiro atoms. The van der Waals surface area contributed by atoms with Crippen LogP contribution in [0.15, 0.2) is 22.0 Å². The lowest BCUT2D eigenvalue weighted by atomic mass is 10.2. The fourth-order valence-corrected chi connectivity index (χ4v) is 5.68. The number of fused-ring (bicyclic) bond motifs is 1. The number of aryl methyl sites for hydroxylation is 2. The third kappa shape index (κ3) is 4.66. The number of thiophene rings is 1. The summed E-state index contributed by atoms with van der Waals surface area (Å²) in [7, 11) is 0. The lowest BCUT2D eigenvalue weighted by Crippen LogP contribution is -3.10. The first-order valence-corrected chi connectivity index (χ1v) is 11.5. The van der Waals surface area contributed by atoms with Crippen LogP contribution >= 0.6 is 34.4 Å². The Hall–Kier alpha value is -1.55. The van der Waals surface area contributed by atoms with E-state index >= 15 is 0 Å². The second-order valence-electron chi connectivity index (χ2n) is 6.19. The summed E-state index contributed by atoms with van der Waals surface area (Å²) >= 11 is 4.86. The fourth-order valence-electron chi connectivity index (χ4n) is 2.70. The molecule has 3 rings (SSSR count). The van der Waals surface area contributed by atoms with Crippen LogP contribution in [0.3, 0.4) is 0 Å². The van der Waals surface area contributed by atoms with Gasteiger partial charge in [-0.3, -0.25) is 0 Å². The van der Waals surface area contributed by atoms with Crippen molar-refractivity contribution in [2.24, 2.45) is 0 Å². The summed E-state index contributed by atoms with van der Waals surface area (Å²) in [6.45, 7) is 16.1. The predicted octanol–water partition coefficient (Wildman–Crippen LogP) is 3.33. The van der Waals surface area contributed by atoms with E-state index < -0.39 is 0 Å². The number of rotatable bonds is 9.